The van der Waals surface area contributed by atoms with Crippen LogP contribution in [-0.4, -0.2) is 42.3 Å². The fraction of sp³-hybridized carbons (Fsp3) is 0.667. The number of ketones is 1. The summed E-state index contributed by atoms with van der Waals surface area (Å²) >= 11 is 0. The molecule has 2 aliphatic rings. The molecule has 192 valence electrons. The topological polar surface area (TPSA) is 49.4 Å². The SMILES string of the molecule is C.CC1(CC(=O)Cc2cc(C(F)(F)F)cc(C(F)(F)F)c2)CCN(C(=O)[C@H]2CCCCN2)CC1. The second kappa shape index (κ2) is 10.7. The van der Waals surface area contributed by atoms with Crippen LogP contribution < -0.4 is 5.32 Å². The molecule has 1 amide bonds. The Balaban J connectivity index is 0.00000408. The third-order valence-electron chi connectivity index (χ3n) is 6.56. The van der Waals surface area contributed by atoms with Gasteiger partial charge >= 0.3 is 12.4 Å². The van der Waals surface area contributed by atoms with Crippen LogP contribution in [0.5, 0.6) is 0 Å². The van der Waals surface area contributed by atoms with Crippen molar-refractivity contribution in [3.05, 3.63) is 34.9 Å². The molecule has 0 aromatic heterocycles. The summed E-state index contributed by atoms with van der Waals surface area (Å²) in [5.74, 6) is -0.370. The van der Waals surface area contributed by atoms with E-state index in [1.807, 2.05) is 6.92 Å². The van der Waals surface area contributed by atoms with Crippen molar-refractivity contribution < 1.29 is 35.9 Å². The molecular weight excluding hydrogens is 462 g/mol. The van der Waals surface area contributed by atoms with Gasteiger partial charge in [-0.15, -0.1) is 0 Å². The Morgan fingerprint density at radius 2 is 1.56 bits per heavy atom. The first-order valence-corrected chi connectivity index (χ1v) is 11.1. The lowest BCUT2D eigenvalue weighted by Gasteiger charge is -2.40. The van der Waals surface area contributed by atoms with Crippen LogP contribution in [0.15, 0.2) is 18.2 Å². The maximum Gasteiger partial charge on any atom is 0.416 e. The first kappa shape index (κ1) is 28.1. The molecule has 1 N–H and O–H groups in total. The van der Waals surface area contributed by atoms with Crippen LogP contribution in [0.25, 0.3) is 0 Å². The minimum Gasteiger partial charge on any atom is -0.341 e. The Kier molecular flexibility index (Phi) is 8.82. The number of nitrogens with one attached hydrogen (secondary N) is 1. The zero-order valence-corrected chi connectivity index (χ0v) is 18.4. The van der Waals surface area contributed by atoms with E-state index in [1.165, 1.54) is 0 Å². The van der Waals surface area contributed by atoms with E-state index < -0.39 is 41.1 Å². The second-order valence-electron chi connectivity index (χ2n) is 9.44. The van der Waals surface area contributed by atoms with Crippen LogP contribution in [0.3, 0.4) is 0 Å². The van der Waals surface area contributed by atoms with E-state index in [2.05, 4.69) is 5.32 Å². The van der Waals surface area contributed by atoms with Crippen LogP contribution in [0.2, 0.25) is 0 Å². The Labute approximate surface area is 196 Å². The lowest BCUT2D eigenvalue weighted by Crippen LogP contribution is -2.52. The fourth-order valence-electron chi connectivity index (χ4n) is 4.61. The molecule has 10 heteroatoms. The van der Waals surface area contributed by atoms with E-state index >= 15 is 0 Å². The van der Waals surface area contributed by atoms with Crippen LogP contribution in [0.1, 0.15) is 69.6 Å². The van der Waals surface area contributed by atoms with E-state index in [-0.39, 0.29) is 37.4 Å². The third kappa shape index (κ3) is 7.20. The zero-order valence-electron chi connectivity index (χ0n) is 18.4. The number of amides is 1. The summed E-state index contributed by atoms with van der Waals surface area (Å²) in [6, 6.07) is 1.08. The van der Waals surface area contributed by atoms with Crippen molar-refractivity contribution in [2.75, 3.05) is 19.6 Å². The number of hydrogen-bond donors (Lipinski definition) is 1. The van der Waals surface area contributed by atoms with Crippen LogP contribution >= 0.6 is 0 Å². The first-order valence-electron chi connectivity index (χ1n) is 11.1. The van der Waals surface area contributed by atoms with Gasteiger partial charge in [-0.2, -0.15) is 26.3 Å². The molecule has 0 bridgehead atoms. The molecule has 0 spiro atoms. The van der Waals surface area contributed by atoms with Crippen molar-refractivity contribution in [1.29, 1.82) is 0 Å². The van der Waals surface area contributed by atoms with Crippen molar-refractivity contribution in [3.8, 4) is 0 Å². The van der Waals surface area contributed by atoms with E-state index in [0.717, 1.165) is 25.8 Å². The molecule has 3 rings (SSSR count). The summed E-state index contributed by atoms with van der Waals surface area (Å²) in [6.07, 6.45) is -6.43. The summed E-state index contributed by atoms with van der Waals surface area (Å²) in [5.41, 5.74) is -3.60. The molecule has 0 aliphatic carbocycles. The van der Waals surface area contributed by atoms with E-state index in [0.29, 0.717) is 38.1 Å². The highest BCUT2D eigenvalue weighted by molar-refractivity contribution is 5.83. The molecule has 1 aromatic rings. The molecule has 0 saturated carbocycles. The van der Waals surface area contributed by atoms with Gasteiger partial charge in [-0.1, -0.05) is 20.8 Å². The standard InChI is InChI=1S/C23H28F6N2O2.CH4/c1-21(5-8-31(9-6-21)20(33)19-4-2-3-7-30-19)14-18(32)12-15-10-16(22(24,25)26)13-17(11-15)23(27,28)29;/h10-11,13,19,30H,2-9,12,14H2,1H3;1H4/t19-;/m1./s1. The molecule has 0 unspecified atom stereocenters. The van der Waals surface area contributed by atoms with Crippen LogP contribution in [0.4, 0.5) is 26.3 Å². The van der Waals surface area contributed by atoms with Gasteiger partial charge in [0.1, 0.15) is 5.78 Å². The molecular formula is C24H32F6N2O2. The van der Waals surface area contributed by atoms with Gasteiger partial charge in [0, 0.05) is 25.9 Å². The quantitative estimate of drug-likeness (QED) is 0.540. The Morgan fingerprint density at radius 1 is 1.00 bits per heavy atom. The summed E-state index contributed by atoms with van der Waals surface area (Å²) in [5, 5.41) is 3.22. The number of rotatable bonds is 5. The van der Waals surface area contributed by atoms with Gasteiger partial charge in [-0.05, 0) is 61.4 Å². The van der Waals surface area contributed by atoms with Crippen molar-refractivity contribution in [2.45, 2.75) is 77.7 Å². The molecule has 1 atom stereocenters. The van der Waals surface area contributed by atoms with Gasteiger partial charge < -0.3 is 10.2 Å². The molecule has 2 aliphatic heterocycles. The summed E-state index contributed by atoms with van der Waals surface area (Å²) in [4.78, 5) is 27.1. The zero-order chi connectivity index (χ0) is 24.4. The summed E-state index contributed by atoms with van der Waals surface area (Å²) in [6.45, 7) is 3.63. The highest BCUT2D eigenvalue weighted by atomic mass is 19.4. The molecule has 4 nitrogen and oxygen atoms in total. The Hall–Kier alpha value is -2.10. The monoisotopic (exact) mass is 494 g/mol. The average Bonchev–Trinajstić information content (AvgIpc) is 2.72. The maximum absolute atomic E-state index is 13.1. The third-order valence-corrected chi connectivity index (χ3v) is 6.56. The molecule has 0 radical (unpaired) electrons. The number of hydrogen-bond acceptors (Lipinski definition) is 3. The number of alkyl halides is 6. The molecule has 2 saturated heterocycles. The van der Waals surface area contributed by atoms with E-state index in [4.69, 9.17) is 0 Å². The maximum atomic E-state index is 13.1. The molecule has 2 fully saturated rings. The van der Waals surface area contributed by atoms with Crippen molar-refractivity contribution >= 4 is 11.7 Å². The first-order chi connectivity index (χ1) is 15.3. The number of Topliss-reactive ketones (excluding diaryl/α,β-unsaturated/α-hetero) is 1. The summed E-state index contributed by atoms with van der Waals surface area (Å²) < 4.78 is 78.3. The number of carbonyl (C=O) groups excluding carboxylic acids is 2. The van der Waals surface area contributed by atoms with Gasteiger partial charge in [0.05, 0.1) is 17.2 Å². The highest BCUT2D eigenvalue weighted by Crippen LogP contribution is 2.38. The van der Waals surface area contributed by atoms with E-state index in [1.54, 1.807) is 4.90 Å². The normalized spacial score (nSPS) is 21.0. The van der Waals surface area contributed by atoms with Crippen LogP contribution in [0, 0.1) is 5.41 Å². The number of carbonyl (C=O) groups is 2. The van der Waals surface area contributed by atoms with Gasteiger partial charge in [0.25, 0.3) is 0 Å². The summed E-state index contributed by atoms with van der Waals surface area (Å²) in [7, 11) is 0. The number of nitrogens with zero attached hydrogens (tertiary/aromatic N) is 1. The Bertz CT molecular complexity index is 835. The molecule has 2 heterocycles. The Morgan fingerprint density at radius 3 is 2.03 bits per heavy atom. The number of likely N-dealkylation sites (tertiary alicyclic amines) is 1. The van der Waals surface area contributed by atoms with E-state index in [9.17, 15) is 35.9 Å². The lowest BCUT2D eigenvalue weighted by atomic mass is 9.75. The second-order valence-corrected chi connectivity index (χ2v) is 9.44. The average molecular weight is 495 g/mol. The number of piperidine rings is 2. The minimum atomic E-state index is -4.95. The van der Waals surface area contributed by atoms with Crippen LogP contribution in [-0.2, 0) is 28.4 Å². The lowest BCUT2D eigenvalue weighted by molar-refractivity contribution is -0.143. The predicted molar refractivity (Wildman–Crippen MR) is 116 cm³/mol. The van der Waals surface area contributed by atoms with Gasteiger partial charge in [-0.25, -0.2) is 0 Å². The van der Waals surface area contributed by atoms with Crippen molar-refractivity contribution in [1.82, 2.24) is 10.2 Å². The predicted octanol–water partition coefficient (Wildman–Crippen LogP) is 5.63. The molecule has 34 heavy (non-hydrogen) atoms. The fourth-order valence-corrected chi connectivity index (χ4v) is 4.61. The largest absolute Gasteiger partial charge is 0.416 e. The highest BCUT2D eigenvalue weighted by Gasteiger charge is 2.38. The molecule has 1 aromatic carbocycles. The number of benzene rings is 1. The van der Waals surface area contributed by atoms with Crippen molar-refractivity contribution in [2.24, 2.45) is 5.41 Å². The minimum absolute atomic E-state index is 0. The number of halogens is 6. The van der Waals surface area contributed by atoms with Gasteiger partial charge in [0.15, 0.2) is 0 Å². The van der Waals surface area contributed by atoms with Gasteiger partial charge in [0.2, 0.25) is 5.91 Å². The van der Waals surface area contributed by atoms with Gasteiger partial charge in [-0.3, -0.25) is 9.59 Å². The smallest absolute Gasteiger partial charge is 0.341 e. The van der Waals surface area contributed by atoms with Crippen molar-refractivity contribution in [3.63, 3.8) is 0 Å².